The number of hydrogen-bond acceptors (Lipinski definition) is 4. The van der Waals surface area contributed by atoms with E-state index in [-0.39, 0.29) is 23.3 Å². The molecule has 2 heterocycles. The first-order valence-electron chi connectivity index (χ1n) is 5.45. The Labute approximate surface area is 102 Å². The number of carbonyl (C=O) groups excluding carboxylic acids is 1. The van der Waals surface area contributed by atoms with Crippen LogP contribution >= 0.6 is 0 Å². The number of rotatable bonds is 2. The van der Waals surface area contributed by atoms with Crippen molar-refractivity contribution < 1.29 is 14.1 Å². The molecule has 0 radical (unpaired) electrons. The van der Waals surface area contributed by atoms with Gasteiger partial charge in [0.15, 0.2) is 0 Å². The van der Waals surface area contributed by atoms with E-state index in [9.17, 15) is 14.1 Å². The fraction of sp³-hybridized carbons (Fsp3) is 0.455. The molecule has 6 heteroatoms. The number of aromatic hydroxyl groups is 1. The molecule has 0 saturated carbocycles. The third-order valence-electron chi connectivity index (χ3n) is 2.77. The van der Waals surface area contributed by atoms with Crippen molar-refractivity contribution in [2.75, 3.05) is 11.5 Å². The zero-order valence-corrected chi connectivity index (χ0v) is 10.1. The Kier molecular flexibility index (Phi) is 3.73. The topological polar surface area (TPSA) is 79.3 Å². The van der Waals surface area contributed by atoms with E-state index in [0.29, 0.717) is 11.5 Å². The van der Waals surface area contributed by atoms with Crippen molar-refractivity contribution in [3.05, 3.63) is 24.0 Å². The molecule has 0 atom stereocenters. The van der Waals surface area contributed by atoms with E-state index in [1.54, 1.807) is 0 Å². The maximum absolute atomic E-state index is 11.8. The molecule has 17 heavy (non-hydrogen) atoms. The van der Waals surface area contributed by atoms with Crippen molar-refractivity contribution in [3.8, 4) is 5.75 Å². The van der Waals surface area contributed by atoms with Gasteiger partial charge in [-0.3, -0.25) is 14.0 Å². The second-order valence-corrected chi connectivity index (χ2v) is 5.68. The molecular weight excluding hydrogens is 240 g/mol. The molecular formula is C11H14N2O3S. The molecule has 1 saturated heterocycles. The number of nitrogens with zero attached hydrogens (tertiary/aromatic N) is 1. The van der Waals surface area contributed by atoms with E-state index in [4.69, 9.17) is 0 Å². The Morgan fingerprint density at radius 3 is 2.82 bits per heavy atom. The van der Waals surface area contributed by atoms with E-state index in [1.165, 1.54) is 18.5 Å². The highest BCUT2D eigenvalue weighted by molar-refractivity contribution is 7.85. The summed E-state index contributed by atoms with van der Waals surface area (Å²) in [7, 11) is -0.735. The molecule has 2 rings (SSSR count). The molecule has 1 aromatic heterocycles. The van der Waals surface area contributed by atoms with Gasteiger partial charge in [0.05, 0.1) is 11.8 Å². The Morgan fingerprint density at radius 1 is 1.47 bits per heavy atom. The molecule has 0 spiro atoms. The summed E-state index contributed by atoms with van der Waals surface area (Å²) in [6.07, 6.45) is 4.16. The highest BCUT2D eigenvalue weighted by Crippen LogP contribution is 2.15. The Hall–Kier alpha value is -1.43. The molecule has 0 aromatic carbocycles. The highest BCUT2D eigenvalue weighted by Gasteiger charge is 2.21. The van der Waals surface area contributed by atoms with E-state index in [2.05, 4.69) is 10.3 Å². The first-order chi connectivity index (χ1) is 8.16. The maximum Gasteiger partial charge on any atom is 0.255 e. The zero-order valence-electron chi connectivity index (χ0n) is 9.26. The number of aromatic nitrogens is 1. The summed E-state index contributed by atoms with van der Waals surface area (Å²) in [5.41, 5.74) is 0.228. The van der Waals surface area contributed by atoms with Gasteiger partial charge in [-0.2, -0.15) is 0 Å². The molecule has 1 aromatic rings. The number of nitrogens with one attached hydrogen (secondary N) is 1. The normalized spacial score (nSPS) is 24.2. The Balaban J connectivity index is 1.98. The zero-order chi connectivity index (χ0) is 12.3. The molecule has 1 amide bonds. The van der Waals surface area contributed by atoms with Gasteiger partial charge in [0.2, 0.25) is 0 Å². The van der Waals surface area contributed by atoms with Crippen LogP contribution in [0.4, 0.5) is 0 Å². The summed E-state index contributed by atoms with van der Waals surface area (Å²) in [5.74, 6) is 0.840. The van der Waals surface area contributed by atoms with Crippen molar-refractivity contribution in [2.24, 2.45) is 0 Å². The van der Waals surface area contributed by atoms with Gasteiger partial charge < -0.3 is 10.4 Å². The monoisotopic (exact) mass is 254 g/mol. The average molecular weight is 254 g/mol. The van der Waals surface area contributed by atoms with Gasteiger partial charge in [-0.05, 0) is 18.9 Å². The third-order valence-corrected chi connectivity index (χ3v) is 4.15. The second kappa shape index (κ2) is 5.27. The van der Waals surface area contributed by atoms with E-state index >= 15 is 0 Å². The van der Waals surface area contributed by atoms with Crippen LogP contribution in [0.1, 0.15) is 23.2 Å². The van der Waals surface area contributed by atoms with Crippen LogP contribution in [0.5, 0.6) is 5.75 Å². The molecule has 0 aliphatic carbocycles. The van der Waals surface area contributed by atoms with Crippen LogP contribution in [-0.2, 0) is 10.8 Å². The van der Waals surface area contributed by atoms with Crippen molar-refractivity contribution >= 4 is 16.7 Å². The van der Waals surface area contributed by atoms with Crippen LogP contribution in [0.3, 0.4) is 0 Å². The highest BCUT2D eigenvalue weighted by atomic mass is 32.2. The van der Waals surface area contributed by atoms with E-state index in [1.807, 2.05) is 0 Å². The summed E-state index contributed by atoms with van der Waals surface area (Å²) in [5, 5.41) is 12.3. The van der Waals surface area contributed by atoms with Gasteiger partial charge >= 0.3 is 0 Å². The van der Waals surface area contributed by atoms with Gasteiger partial charge in [0.25, 0.3) is 5.91 Å². The molecule has 1 aliphatic heterocycles. The maximum atomic E-state index is 11.8. The SMILES string of the molecule is O=C(NC1CCS(=O)CC1)c1ccncc1O. The minimum Gasteiger partial charge on any atom is -0.505 e. The molecule has 1 aliphatic rings. The summed E-state index contributed by atoms with van der Waals surface area (Å²) in [4.78, 5) is 15.6. The third kappa shape index (κ3) is 3.03. The number of carbonyl (C=O) groups is 1. The predicted molar refractivity (Wildman–Crippen MR) is 64.3 cm³/mol. The molecule has 0 unspecified atom stereocenters. The van der Waals surface area contributed by atoms with Gasteiger partial charge in [-0.25, -0.2) is 0 Å². The van der Waals surface area contributed by atoms with Crippen LogP contribution in [0.25, 0.3) is 0 Å². The molecule has 0 bridgehead atoms. The van der Waals surface area contributed by atoms with Gasteiger partial charge in [-0.1, -0.05) is 0 Å². The second-order valence-electron chi connectivity index (χ2n) is 3.99. The first kappa shape index (κ1) is 12.0. The van der Waals surface area contributed by atoms with Crippen molar-refractivity contribution in [2.45, 2.75) is 18.9 Å². The number of pyridine rings is 1. The minimum absolute atomic E-state index is 0.0489. The van der Waals surface area contributed by atoms with Gasteiger partial charge in [0.1, 0.15) is 5.75 Å². The standard InChI is InChI=1S/C11H14N2O3S/c14-10-7-12-4-1-9(10)11(15)13-8-2-5-17(16)6-3-8/h1,4,7-8,14H,2-3,5-6H2,(H,13,15). The molecule has 2 N–H and O–H groups in total. The predicted octanol–water partition coefficient (Wildman–Crippen LogP) is 0.428. The van der Waals surface area contributed by atoms with Crippen LogP contribution in [0, 0.1) is 0 Å². The lowest BCUT2D eigenvalue weighted by molar-refractivity contribution is 0.0931. The van der Waals surface area contributed by atoms with E-state index in [0.717, 1.165) is 12.8 Å². The van der Waals surface area contributed by atoms with Crippen molar-refractivity contribution in [3.63, 3.8) is 0 Å². The summed E-state index contributed by atoms with van der Waals surface area (Å²) >= 11 is 0. The van der Waals surface area contributed by atoms with Crippen LogP contribution in [-0.4, -0.2) is 37.8 Å². The molecule has 1 fully saturated rings. The van der Waals surface area contributed by atoms with Crippen LogP contribution in [0.15, 0.2) is 18.5 Å². The van der Waals surface area contributed by atoms with Gasteiger partial charge in [0, 0.05) is 34.5 Å². The molecule has 92 valence electrons. The number of amides is 1. The lowest BCUT2D eigenvalue weighted by Gasteiger charge is -2.22. The Bertz CT molecular complexity index is 440. The summed E-state index contributed by atoms with van der Waals surface area (Å²) in [6, 6.07) is 1.53. The average Bonchev–Trinajstić information content (AvgIpc) is 2.32. The van der Waals surface area contributed by atoms with Crippen molar-refractivity contribution in [1.82, 2.24) is 10.3 Å². The molecule has 5 nitrogen and oxygen atoms in total. The van der Waals surface area contributed by atoms with E-state index < -0.39 is 10.8 Å². The lowest BCUT2D eigenvalue weighted by atomic mass is 10.1. The smallest absolute Gasteiger partial charge is 0.255 e. The first-order valence-corrected chi connectivity index (χ1v) is 6.94. The Morgan fingerprint density at radius 2 is 2.18 bits per heavy atom. The quantitative estimate of drug-likeness (QED) is 0.802. The lowest BCUT2D eigenvalue weighted by Crippen LogP contribution is -2.39. The van der Waals surface area contributed by atoms with Crippen LogP contribution in [0.2, 0.25) is 0 Å². The largest absolute Gasteiger partial charge is 0.505 e. The summed E-state index contributed by atoms with van der Waals surface area (Å²) in [6.45, 7) is 0. The van der Waals surface area contributed by atoms with Gasteiger partial charge in [-0.15, -0.1) is 0 Å². The fourth-order valence-corrected chi connectivity index (χ4v) is 3.08. The van der Waals surface area contributed by atoms with Crippen molar-refractivity contribution in [1.29, 1.82) is 0 Å². The van der Waals surface area contributed by atoms with Crippen LogP contribution < -0.4 is 5.32 Å². The number of hydrogen-bond donors (Lipinski definition) is 2. The fourth-order valence-electron chi connectivity index (χ4n) is 1.78. The minimum atomic E-state index is -0.735. The summed E-state index contributed by atoms with van der Waals surface area (Å²) < 4.78 is 11.2.